The van der Waals surface area contributed by atoms with Gasteiger partial charge in [0.25, 0.3) is 0 Å². The second kappa shape index (κ2) is 4.28. The van der Waals surface area contributed by atoms with Gasteiger partial charge in [-0.25, -0.2) is 0 Å². The van der Waals surface area contributed by atoms with Crippen LogP contribution in [-0.2, 0) is 9.53 Å². The third kappa shape index (κ3) is 2.21. The molecule has 74 valence electrons. The van der Waals surface area contributed by atoms with E-state index in [2.05, 4.69) is 0 Å². The third-order valence-corrected chi connectivity index (χ3v) is 2.23. The minimum absolute atomic E-state index is 0.247. The second-order valence-electron chi connectivity index (χ2n) is 3.20. The van der Waals surface area contributed by atoms with E-state index in [1.807, 2.05) is 13.0 Å². The summed E-state index contributed by atoms with van der Waals surface area (Å²) >= 11 is 0. The van der Waals surface area contributed by atoms with Crippen molar-refractivity contribution in [2.24, 2.45) is 17.4 Å². The molecule has 4 heteroatoms. The molecular formula is C9H16N2O2. The molecule has 1 heterocycles. The van der Waals surface area contributed by atoms with Crippen LogP contribution in [0.3, 0.4) is 0 Å². The number of hydrogen-bond donors (Lipinski definition) is 2. The van der Waals surface area contributed by atoms with Gasteiger partial charge in [-0.1, -0.05) is 13.0 Å². The SMILES string of the molecule is CC/C=C(\N)C1OCCC1C(N)=O. The van der Waals surface area contributed by atoms with Crippen LogP contribution in [0.15, 0.2) is 11.8 Å². The number of allylic oxidation sites excluding steroid dienone is 1. The maximum absolute atomic E-state index is 11.0. The van der Waals surface area contributed by atoms with Crippen LogP contribution >= 0.6 is 0 Å². The predicted molar refractivity (Wildman–Crippen MR) is 49.6 cm³/mol. The van der Waals surface area contributed by atoms with E-state index >= 15 is 0 Å². The quantitative estimate of drug-likeness (QED) is 0.654. The van der Waals surface area contributed by atoms with Crippen LogP contribution in [0.25, 0.3) is 0 Å². The van der Waals surface area contributed by atoms with Gasteiger partial charge in [-0.3, -0.25) is 4.79 Å². The van der Waals surface area contributed by atoms with Gasteiger partial charge in [0.05, 0.1) is 5.92 Å². The molecule has 1 aliphatic rings. The van der Waals surface area contributed by atoms with Gasteiger partial charge >= 0.3 is 0 Å². The maximum Gasteiger partial charge on any atom is 0.223 e. The Balaban J connectivity index is 2.68. The van der Waals surface area contributed by atoms with E-state index in [1.165, 1.54) is 0 Å². The predicted octanol–water partition coefficient (Wildman–Crippen LogP) is 0.129. The summed E-state index contributed by atoms with van der Waals surface area (Å²) in [6.07, 6.45) is 3.10. The summed E-state index contributed by atoms with van der Waals surface area (Å²) in [4.78, 5) is 11.0. The summed E-state index contributed by atoms with van der Waals surface area (Å²) in [7, 11) is 0. The molecule has 0 aromatic rings. The van der Waals surface area contributed by atoms with Crippen molar-refractivity contribution in [3.05, 3.63) is 11.8 Å². The van der Waals surface area contributed by atoms with Crippen LogP contribution in [0.4, 0.5) is 0 Å². The number of primary amides is 1. The summed E-state index contributed by atoms with van der Waals surface area (Å²) in [5.41, 5.74) is 11.6. The first-order valence-corrected chi connectivity index (χ1v) is 4.53. The normalized spacial score (nSPS) is 29.2. The summed E-state index contributed by atoms with van der Waals surface area (Å²) < 4.78 is 5.35. The van der Waals surface area contributed by atoms with E-state index in [-0.39, 0.29) is 17.9 Å². The van der Waals surface area contributed by atoms with Crippen LogP contribution in [0.5, 0.6) is 0 Å². The zero-order valence-electron chi connectivity index (χ0n) is 7.82. The molecule has 0 bridgehead atoms. The summed E-state index contributed by atoms with van der Waals surface area (Å²) in [5.74, 6) is -0.572. The van der Waals surface area contributed by atoms with Crippen molar-refractivity contribution in [1.82, 2.24) is 0 Å². The highest BCUT2D eigenvalue weighted by atomic mass is 16.5. The monoisotopic (exact) mass is 184 g/mol. The number of carbonyl (C=O) groups is 1. The molecule has 0 saturated carbocycles. The average molecular weight is 184 g/mol. The minimum atomic E-state index is -0.324. The molecule has 2 unspecified atom stereocenters. The van der Waals surface area contributed by atoms with Gasteiger partial charge in [0.15, 0.2) is 0 Å². The molecule has 0 aromatic carbocycles. The first-order valence-electron chi connectivity index (χ1n) is 4.53. The first-order chi connectivity index (χ1) is 6.16. The number of carbonyl (C=O) groups excluding carboxylic acids is 1. The van der Waals surface area contributed by atoms with Crippen LogP contribution in [0.2, 0.25) is 0 Å². The minimum Gasteiger partial charge on any atom is -0.400 e. The lowest BCUT2D eigenvalue weighted by Gasteiger charge is -2.15. The van der Waals surface area contributed by atoms with E-state index < -0.39 is 0 Å². The Morgan fingerprint density at radius 1 is 1.62 bits per heavy atom. The molecule has 4 N–H and O–H groups in total. The Morgan fingerprint density at radius 3 is 2.85 bits per heavy atom. The lowest BCUT2D eigenvalue weighted by atomic mass is 9.98. The topological polar surface area (TPSA) is 78.3 Å². The van der Waals surface area contributed by atoms with Gasteiger partial charge < -0.3 is 16.2 Å². The van der Waals surface area contributed by atoms with Gasteiger partial charge in [0.2, 0.25) is 5.91 Å². The molecule has 0 spiro atoms. The van der Waals surface area contributed by atoms with Crippen LogP contribution in [-0.4, -0.2) is 18.6 Å². The lowest BCUT2D eigenvalue weighted by molar-refractivity contribution is -0.122. The van der Waals surface area contributed by atoms with Crippen LogP contribution in [0, 0.1) is 5.92 Å². The largest absolute Gasteiger partial charge is 0.400 e. The molecule has 2 atom stereocenters. The Labute approximate surface area is 77.9 Å². The van der Waals surface area contributed by atoms with Gasteiger partial charge in [-0.15, -0.1) is 0 Å². The van der Waals surface area contributed by atoms with E-state index in [0.29, 0.717) is 18.7 Å². The fourth-order valence-electron chi connectivity index (χ4n) is 1.56. The average Bonchev–Trinajstić information content (AvgIpc) is 2.52. The zero-order chi connectivity index (χ0) is 9.84. The Hall–Kier alpha value is -1.03. The Morgan fingerprint density at radius 2 is 2.31 bits per heavy atom. The molecule has 0 aromatic heterocycles. The van der Waals surface area contributed by atoms with E-state index in [0.717, 1.165) is 6.42 Å². The van der Waals surface area contributed by atoms with Crippen molar-refractivity contribution in [1.29, 1.82) is 0 Å². The summed E-state index contributed by atoms with van der Waals surface area (Å²) in [6.45, 7) is 2.55. The number of rotatable bonds is 3. The molecule has 4 nitrogen and oxygen atoms in total. The van der Waals surface area contributed by atoms with Crippen LogP contribution < -0.4 is 11.5 Å². The molecule has 1 fully saturated rings. The Kier molecular flexibility index (Phi) is 3.31. The molecule has 13 heavy (non-hydrogen) atoms. The molecule has 0 aliphatic carbocycles. The number of nitrogens with two attached hydrogens (primary N) is 2. The highest BCUT2D eigenvalue weighted by molar-refractivity contribution is 5.78. The van der Waals surface area contributed by atoms with Crippen molar-refractivity contribution in [2.75, 3.05) is 6.61 Å². The molecule has 1 aliphatic heterocycles. The number of hydrogen-bond acceptors (Lipinski definition) is 3. The smallest absolute Gasteiger partial charge is 0.223 e. The zero-order valence-corrected chi connectivity index (χ0v) is 7.82. The third-order valence-electron chi connectivity index (χ3n) is 2.23. The van der Waals surface area contributed by atoms with Crippen molar-refractivity contribution in [3.8, 4) is 0 Å². The number of amides is 1. The summed E-state index contributed by atoms with van der Waals surface area (Å²) in [5, 5.41) is 0. The van der Waals surface area contributed by atoms with Crippen LogP contribution in [0.1, 0.15) is 19.8 Å². The second-order valence-corrected chi connectivity index (χ2v) is 3.20. The highest BCUT2D eigenvalue weighted by Crippen LogP contribution is 2.24. The summed E-state index contributed by atoms with van der Waals surface area (Å²) in [6, 6.07) is 0. The maximum atomic E-state index is 11.0. The van der Waals surface area contributed by atoms with E-state index in [9.17, 15) is 4.79 Å². The molecule has 1 rings (SSSR count). The fraction of sp³-hybridized carbons (Fsp3) is 0.667. The molecule has 1 saturated heterocycles. The standard InChI is InChI=1S/C9H16N2O2/c1-2-3-7(10)8-6(9(11)12)4-5-13-8/h3,6,8H,2,4-5,10H2,1H3,(H2,11,12)/b7-3-. The number of ether oxygens (including phenoxy) is 1. The van der Waals surface area contributed by atoms with Gasteiger partial charge in [-0.05, 0) is 12.8 Å². The van der Waals surface area contributed by atoms with Crippen molar-refractivity contribution in [2.45, 2.75) is 25.9 Å². The van der Waals surface area contributed by atoms with Gasteiger partial charge in [0, 0.05) is 12.3 Å². The van der Waals surface area contributed by atoms with Gasteiger partial charge in [-0.2, -0.15) is 0 Å². The fourth-order valence-corrected chi connectivity index (χ4v) is 1.56. The van der Waals surface area contributed by atoms with E-state index in [4.69, 9.17) is 16.2 Å². The highest BCUT2D eigenvalue weighted by Gasteiger charge is 2.33. The van der Waals surface area contributed by atoms with Crippen molar-refractivity contribution in [3.63, 3.8) is 0 Å². The van der Waals surface area contributed by atoms with Crippen molar-refractivity contribution < 1.29 is 9.53 Å². The lowest BCUT2D eigenvalue weighted by Crippen LogP contribution is -2.33. The Bertz CT molecular complexity index is 226. The van der Waals surface area contributed by atoms with Gasteiger partial charge in [0.1, 0.15) is 6.10 Å². The molecular weight excluding hydrogens is 168 g/mol. The van der Waals surface area contributed by atoms with E-state index in [1.54, 1.807) is 0 Å². The molecule has 0 radical (unpaired) electrons. The molecule has 1 amide bonds. The van der Waals surface area contributed by atoms with Crippen molar-refractivity contribution >= 4 is 5.91 Å². The first kappa shape index (κ1) is 10.1.